The zero-order valence-corrected chi connectivity index (χ0v) is 23.9. The van der Waals surface area contributed by atoms with Crippen molar-refractivity contribution in [3.63, 3.8) is 0 Å². The van der Waals surface area contributed by atoms with E-state index in [1.165, 1.54) is 0 Å². The van der Waals surface area contributed by atoms with Gasteiger partial charge in [-0.05, 0) is 44.2 Å². The fourth-order valence-electron chi connectivity index (χ4n) is 5.14. The Kier molecular flexibility index (Phi) is 8.56. The standard InChI is InChI=1S/C31H33Cl2N5O/c1-23-29(34-30(24-11-5-3-6-12-24)38(23)25-13-7-4-8-14-25)31(39)35(2)17-10-18-36-19-21-37(22-20-36)27-16-9-15-26(32)28(27)33/h3-9,11-16H,10,17-22H2,1-2H3. The summed E-state index contributed by atoms with van der Waals surface area (Å²) in [7, 11) is 1.87. The third-order valence-corrected chi connectivity index (χ3v) is 8.12. The summed E-state index contributed by atoms with van der Waals surface area (Å²) in [5, 5.41) is 1.21. The minimum Gasteiger partial charge on any atom is -0.368 e. The first-order valence-corrected chi connectivity index (χ1v) is 14.1. The molecule has 5 rings (SSSR count). The number of rotatable bonds is 8. The van der Waals surface area contributed by atoms with Crippen molar-refractivity contribution in [2.45, 2.75) is 13.3 Å². The number of carbonyl (C=O) groups is 1. The number of hydrogen-bond acceptors (Lipinski definition) is 4. The highest BCUT2D eigenvalue weighted by atomic mass is 35.5. The molecule has 1 fully saturated rings. The van der Waals surface area contributed by atoms with Gasteiger partial charge in [0.25, 0.3) is 5.91 Å². The van der Waals surface area contributed by atoms with Crippen LogP contribution < -0.4 is 4.90 Å². The Morgan fingerprint density at radius 1 is 0.897 bits per heavy atom. The van der Waals surface area contributed by atoms with Crippen molar-refractivity contribution in [3.05, 3.63) is 100 Å². The number of piperazine rings is 1. The fraction of sp³-hybridized carbons (Fsp3) is 0.290. The van der Waals surface area contributed by atoms with Crippen LogP contribution in [-0.4, -0.2) is 71.6 Å². The van der Waals surface area contributed by atoms with Crippen molar-refractivity contribution in [2.24, 2.45) is 0 Å². The second-order valence-corrected chi connectivity index (χ2v) is 10.7. The van der Waals surface area contributed by atoms with Crippen molar-refractivity contribution >= 4 is 34.8 Å². The Bertz CT molecular complexity index is 1420. The molecule has 39 heavy (non-hydrogen) atoms. The normalized spacial score (nSPS) is 14.0. The van der Waals surface area contributed by atoms with Crippen molar-refractivity contribution in [3.8, 4) is 17.1 Å². The molecule has 202 valence electrons. The summed E-state index contributed by atoms with van der Waals surface area (Å²) in [5.74, 6) is 0.716. The van der Waals surface area contributed by atoms with Gasteiger partial charge in [-0.3, -0.25) is 14.3 Å². The molecule has 1 aromatic heterocycles. The predicted molar refractivity (Wildman–Crippen MR) is 160 cm³/mol. The molecule has 0 bridgehead atoms. The van der Waals surface area contributed by atoms with Crippen molar-refractivity contribution in [1.82, 2.24) is 19.4 Å². The first-order chi connectivity index (χ1) is 18.9. The highest BCUT2D eigenvalue weighted by Crippen LogP contribution is 2.33. The molecule has 4 aromatic rings. The minimum atomic E-state index is -0.0558. The van der Waals surface area contributed by atoms with Crippen LogP contribution in [0.15, 0.2) is 78.9 Å². The highest BCUT2D eigenvalue weighted by Gasteiger charge is 2.24. The molecule has 2 heterocycles. The number of halogens is 2. The molecule has 0 saturated carbocycles. The van der Waals surface area contributed by atoms with Crippen LogP contribution in [0, 0.1) is 6.92 Å². The number of anilines is 1. The van der Waals surface area contributed by atoms with Gasteiger partial charge in [-0.25, -0.2) is 4.98 Å². The third kappa shape index (κ3) is 5.98. The van der Waals surface area contributed by atoms with Gasteiger partial charge in [0.2, 0.25) is 0 Å². The molecule has 3 aromatic carbocycles. The Labute approximate surface area is 240 Å². The van der Waals surface area contributed by atoms with Crippen molar-refractivity contribution in [2.75, 3.05) is 51.2 Å². The van der Waals surface area contributed by atoms with E-state index in [0.29, 0.717) is 22.3 Å². The topological polar surface area (TPSA) is 44.6 Å². The smallest absolute Gasteiger partial charge is 0.274 e. The predicted octanol–water partition coefficient (Wildman–Crippen LogP) is 6.44. The fourth-order valence-corrected chi connectivity index (χ4v) is 5.56. The molecule has 0 spiro atoms. The van der Waals surface area contributed by atoms with Crippen LogP contribution >= 0.6 is 23.2 Å². The van der Waals surface area contributed by atoms with Gasteiger partial charge in [-0.1, -0.05) is 77.8 Å². The van der Waals surface area contributed by atoms with Crippen LogP contribution in [-0.2, 0) is 0 Å². The van der Waals surface area contributed by atoms with E-state index in [0.717, 1.165) is 67.6 Å². The van der Waals surface area contributed by atoms with Gasteiger partial charge in [0.05, 0.1) is 21.4 Å². The van der Waals surface area contributed by atoms with E-state index in [-0.39, 0.29) is 5.91 Å². The van der Waals surface area contributed by atoms with Crippen molar-refractivity contribution in [1.29, 1.82) is 0 Å². The van der Waals surface area contributed by atoms with Gasteiger partial charge in [-0.15, -0.1) is 0 Å². The summed E-state index contributed by atoms with van der Waals surface area (Å²) >= 11 is 12.6. The molecule has 0 aliphatic carbocycles. The number of amides is 1. The summed E-state index contributed by atoms with van der Waals surface area (Å²) in [6.07, 6.45) is 0.893. The molecule has 1 aliphatic heterocycles. The Morgan fingerprint density at radius 2 is 1.56 bits per heavy atom. The van der Waals surface area contributed by atoms with E-state index < -0.39 is 0 Å². The van der Waals surface area contributed by atoms with Crippen LogP contribution in [0.1, 0.15) is 22.6 Å². The van der Waals surface area contributed by atoms with E-state index in [4.69, 9.17) is 28.2 Å². The zero-order valence-electron chi connectivity index (χ0n) is 22.4. The maximum absolute atomic E-state index is 13.5. The van der Waals surface area contributed by atoms with E-state index in [1.54, 1.807) is 4.90 Å². The quantitative estimate of drug-likeness (QED) is 0.248. The molecule has 1 saturated heterocycles. The maximum Gasteiger partial charge on any atom is 0.274 e. The van der Waals surface area contributed by atoms with E-state index in [9.17, 15) is 4.79 Å². The summed E-state index contributed by atoms with van der Waals surface area (Å²) in [6, 6.07) is 25.9. The number of para-hydroxylation sites is 1. The zero-order chi connectivity index (χ0) is 27.4. The lowest BCUT2D eigenvalue weighted by molar-refractivity contribution is 0.0782. The molecule has 0 atom stereocenters. The Balaban J connectivity index is 1.22. The van der Waals surface area contributed by atoms with Crippen LogP contribution in [0.25, 0.3) is 17.1 Å². The van der Waals surface area contributed by atoms with E-state index in [2.05, 4.69) is 14.4 Å². The molecule has 0 unspecified atom stereocenters. The molecule has 1 aliphatic rings. The van der Waals surface area contributed by atoms with Crippen LogP contribution in [0.2, 0.25) is 10.0 Å². The Hall–Kier alpha value is -3.32. The SMILES string of the molecule is Cc1c(C(=O)N(C)CCCN2CCN(c3cccc(Cl)c3Cl)CC2)nc(-c2ccccc2)n1-c1ccccc1. The summed E-state index contributed by atoms with van der Waals surface area (Å²) in [4.78, 5) is 24.9. The van der Waals surface area contributed by atoms with E-state index >= 15 is 0 Å². The number of hydrogen-bond donors (Lipinski definition) is 0. The second-order valence-electron chi connectivity index (χ2n) is 9.89. The first-order valence-electron chi connectivity index (χ1n) is 13.3. The number of nitrogens with zero attached hydrogens (tertiary/aromatic N) is 5. The second kappa shape index (κ2) is 12.2. The van der Waals surface area contributed by atoms with Gasteiger partial charge >= 0.3 is 0 Å². The summed E-state index contributed by atoms with van der Waals surface area (Å²) in [5.41, 5.74) is 4.29. The lowest BCUT2D eigenvalue weighted by Gasteiger charge is -2.36. The third-order valence-electron chi connectivity index (χ3n) is 7.32. The van der Waals surface area contributed by atoms with E-state index in [1.807, 2.05) is 92.8 Å². The van der Waals surface area contributed by atoms with Gasteiger partial charge < -0.3 is 9.80 Å². The number of imidazole rings is 1. The summed E-state index contributed by atoms with van der Waals surface area (Å²) in [6.45, 7) is 7.25. The average Bonchev–Trinajstić information content (AvgIpc) is 3.32. The van der Waals surface area contributed by atoms with Crippen molar-refractivity contribution < 1.29 is 4.79 Å². The van der Waals surface area contributed by atoms with Crippen LogP contribution in [0.5, 0.6) is 0 Å². The summed E-state index contributed by atoms with van der Waals surface area (Å²) < 4.78 is 2.07. The molecule has 0 radical (unpaired) electrons. The largest absolute Gasteiger partial charge is 0.368 e. The average molecular weight is 563 g/mol. The number of carbonyl (C=O) groups excluding carboxylic acids is 1. The minimum absolute atomic E-state index is 0.0558. The Morgan fingerprint density at radius 3 is 2.26 bits per heavy atom. The first kappa shape index (κ1) is 27.3. The number of benzene rings is 3. The van der Waals surface area contributed by atoms with Gasteiger partial charge in [-0.2, -0.15) is 0 Å². The van der Waals surface area contributed by atoms with Gasteiger partial charge in [0.15, 0.2) is 0 Å². The highest BCUT2D eigenvalue weighted by molar-refractivity contribution is 6.43. The molecule has 6 nitrogen and oxygen atoms in total. The lowest BCUT2D eigenvalue weighted by Crippen LogP contribution is -2.47. The van der Waals surface area contributed by atoms with Crippen LogP contribution in [0.3, 0.4) is 0 Å². The number of aromatic nitrogens is 2. The lowest BCUT2D eigenvalue weighted by atomic mass is 10.2. The van der Waals surface area contributed by atoms with Crippen LogP contribution in [0.4, 0.5) is 5.69 Å². The molecule has 0 N–H and O–H groups in total. The van der Waals surface area contributed by atoms with Gasteiger partial charge in [0, 0.05) is 51.0 Å². The molecule has 8 heteroatoms. The molecular weight excluding hydrogens is 529 g/mol. The monoisotopic (exact) mass is 561 g/mol. The maximum atomic E-state index is 13.5. The molecular formula is C31H33Cl2N5O. The van der Waals surface area contributed by atoms with Gasteiger partial charge in [0.1, 0.15) is 11.5 Å². The molecule has 1 amide bonds.